The number of nitrogens with zero attached hydrogens (tertiary/aromatic N) is 1. The topological polar surface area (TPSA) is 94.6 Å². The van der Waals surface area contributed by atoms with Crippen LogP contribution in [0.4, 0.5) is 5.69 Å². The Kier molecular flexibility index (Phi) is 5.43. The molecule has 1 saturated carbocycles. The lowest BCUT2D eigenvalue weighted by Crippen LogP contribution is -2.21. The molecule has 2 aromatic carbocycles. The lowest BCUT2D eigenvalue weighted by Gasteiger charge is -2.10. The summed E-state index contributed by atoms with van der Waals surface area (Å²) in [6.07, 6.45) is 2.13. The van der Waals surface area contributed by atoms with Crippen LogP contribution in [0.25, 0.3) is 10.9 Å². The molecule has 0 spiro atoms. The number of amides is 1. The quantitative estimate of drug-likeness (QED) is 0.630. The van der Waals surface area contributed by atoms with Crippen LogP contribution >= 0.6 is 0 Å². The van der Waals surface area contributed by atoms with E-state index >= 15 is 0 Å². The average molecular weight is 404 g/mol. The number of anilines is 1. The molecule has 1 aromatic heterocycles. The van der Waals surface area contributed by atoms with Gasteiger partial charge in [-0.05, 0) is 49.2 Å². The lowest BCUT2D eigenvalue weighted by atomic mass is 10.1. The van der Waals surface area contributed by atoms with Gasteiger partial charge in [-0.15, -0.1) is 0 Å². The van der Waals surface area contributed by atoms with Gasteiger partial charge in [0.15, 0.2) is 6.61 Å². The number of hydrogen-bond donors (Lipinski definition) is 1. The van der Waals surface area contributed by atoms with Crippen LogP contribution in [0.2, 0.25) is 0 Å². The molecule has 1 aliphatic carbocycles. The summed E-state index contributed by atoms with van der Waals surface area (Å²) in [5, 5.41) is 3.33. The molecule has 0 saturated heterocycles. The van der Waals surface area contributed by atoms with Crippen LogP contribution < -0.4 is 5.32 Å². The number of hydrogen-bond acceptors (Lipinski definition) is 6. The summed E-state index contributed by atoms with van der Waals surface area (Å²) >= 11 is 0. The predicted molar refractivity (Wildman–Crippen MR) is 110 cm³/mol. The second-order valence-electron chi connectivity index (χ2n) is 7.08. The summed E-state index contributed by atoms with van der Waals surface area (Å²) in [7, 11) is 1.30. The number of para-hydroxylation sites is 1. The molecule has 0 bridgehead atoms. The first kappa shape index (κ1) is 19.6. The third-order valence-corrected chi connectivity index (χ3v) is 4.88. The summed E-state index contributed by atoms with van der Waals surface area (Å²) < 4.78 is 9.89. The highest BCUT2D eigenvalue weighted by Crippen LogP contribution is 2.40. The largest absolute Gasteiger partial charge is 0.465 e. The smallest absolute Gasteiger partial charge is 0.339 e. The van der Waals surface area contributed by atoms with E-state index in [1.165, 1.54) is 19.2 Å². The van der Waals surface area contributed by atoms with Crippen LogP contribution in [0.1, 0.15) is 45.2 Å². The molecule has 0 radical (unpaired) electrons. The lowest BCUT2D eigenvalue weighted by molar-refractivity contribution is -0.119. The van der Waals surface area contributed by atoms with Crippen molar-refractivity contribution in [3.05, 3.63) is 71.4 Å². The molecule has 0 unspecified atom stereocenters. The first-order valence-electron chi connectivity index (χ1n) is 9.60. The normalized spacial score (nSPS) is 13.0. The summed E-state index contributed by atoms with van der Waals surface area (Å²) in [6, 6.07) is 15.4. The van der Waals surface area contributed by atoms with E-state index in [1.54, 1.807) is 18.2 Å². The Morgan fingerprint density at radius 2 is 1.77 bits per heavy atom. The van der Waals surface area contributed by atoms with Crippen molar-refractivity contribution in [1.82, 2.24) is 4.98 Å². The molecule has 30 heavy (non-hydrogen) atoms. The van der Waals surface area contributed by atoms with Crippen molar-refractivity contribution >= 4 is 34.4 Å². The van der Waals surface area contributed by atoms with Crippen molar-refractivity contribution in [3.8, 4) is 0 Å². The molecule has 3 aromatic rings. The van der Waals surface area contributed by atoms with Crippen molar-refractivity contribution < 1.29 is 23.9 Å². The first-order valence-corrected chi connectivity index (χ1v) is 9.60. The molecule has 7 nitrogen and oxygen atoms in total. The van der Waals surface area contributed by atoms with Crippen LogP contribution in [-0.4, -0.2) is 36.5 Å². The Morgan fingerprint density at radius 3 is 2.47 bits per heavy atom. The van der Waals surface area contributed by atoms with Crippen molar-refractivity contribution in [2.24, 2.45) is 0 Å². The highest BCUT2D eigenvalue weighted by atomic mass is 16.5. The van der Waals surface area contributed by atoms with Crippen LogP contribution in [0.5, 0.6) is 0 Å². The van der Waals surface area contributed by atoms with Gasteiger partial charge in [0.2, 0.25) is 0 Å². The maximum atomic E-state index is 12.7. The van der Waals surface area contributed by atoms with E-state index in [4.69, 9.17) is 4.74 Å². The standard InChI is InChI=1S/C23H20N2O5/c1-29-22(27)15-8-10-16(11-9-15)24-21(26)13-30-23(28)18-12-20(14-6-7-14)25-19-5-3-2-4-17(18)19/h2-5,8-12,14H,6-7,13H2,1H3,(H,24,26). The zero-order chi connectivity index (χ0) is 21.1. The first-order chi connectivity index (χ1) is 14.5. The number of carbonyl (C=O) groups is 3. The molecule has 1 heterocycles. The van der Waals surface area contributed by atoms with Gasteiger partial charge in [0.1, 0.15) is 0 Å². The number of nitrogens with one attached hydrogen (secondary N) is 1. The number of esters is 2. The maximum absolute atomic E-state index is 12.7. The zero-order valence-corrected chi connectivity index (χ0v) is 16.4. The van der Waals surface area contributed by atoms with E-state index in [0.717, 1.165) is 24.1 Å². The number of aromatic nitrogens is 1. The average Bonchev–Trinajstić information content (AvgIpc) is 3.62. The second kappa shape index (κ2) is 8.32. The fourth-order valence-corrected chi connectivity index (χ4v) is 3.17. The van der Waals surface area contributed by atoms with E-state index in [-0.39, 0.29) is 0 Å². The molecule has 0 aliphatic heterocycles. The summed E-state index contributed by atoms with van der Waals surface area (Å²) in [5.41, 5.74) is 2.89. The van der Waals surface area contributed by atoms with Crippen LogP contribution in [0.15, 0.2) is 54.6 Å². The number of methoxy groups -OCH3 is 1. The van der Waals surface area contributed by atoms with Gasteiger partial charge in [-0.1, -0.05) is 18.2 Å². The van der Waals surface area contributed by atoms with Gasteiger partial charge in [-0.2, -0.15) is 0 Å². The number of benzene rings is 2. The monoisotopic (exact) mass is 404 g/mol. The van der Waals surface area contributed by atoms with Gasteiger partial charge in [0.05, 0.1) is 23.8 Å². The summed E-state index contributed by atoms with van der Waals surface area (Å²) in [5.74, 6) is -1.11. The zero-order valence-electron chi connectivity index (χ0n) is 16.4. The Hall–Kier alpha value is -3.74. The summed E-state index contributed by atoms with van der Waals surface area (Å²) in [4.78, 5) is 40.9. The maximum Gasteiger partial charge on any atom is 0.339 e. The molecule has 152 valence electrons. The van der Waals surface area contributed by atoms with Gasteiger partial charge < -0.3 is 14.8 Å². The van der Waals surface area contributed by atoms with Gasteiger partial charge in [0, 0.05) is 22.7 Å². The number of pyridine rings is 1. The van der Waals surface area contributed by atoms with E-state index in [0.29, 0.717) is 28.1 Å². The predicted octanol–water partition coefficient (Wildman–Crippen LogP) is 3.69. The fraction of sp³-hybridized carbons (Fsp3) is 0.217. The minimum atomic E-state index is -0.563. The van der Waals surface area contributed by atoms with E-state index in [9.17, 15) is 14.4 Å². The Bertz CT molecular complexity index is 1120. The molecule has 1 aliphatic rings. The molecule has 1 amide bonds. The Balaban J connectivity index is 1.42. The molecule has 4 rings (SSSR count). The van der Waals surface area contributed by atoms with E-state index in [1.807, 2.05) is 24.3 Å². The minimum Gasteiger partial charge on any atom is -0.465 e. The highest BCUT2D eigenvalue weighted by Gasteiger charge is 2.27. The van der Waals surface area contributed by atoms with Crippen LogP contribution in [-0.2, 0) is 14.3 Å². The number of carbonyl (C=O) groups excluding carboxylic acids is 3. The van der Waals surface area contributed by atoms with Gasteiger partial charge >= 0.3 is 11.9 Å². The van der Waals surface area contributed by atoms with E-state index in [2.05, 4.69) is 15.0 Å². The van der Waals surface area contributed by atoms with Crippen LogP contribution in [0.3, 0.4) is 0 Å². The van der Waals surface area contributed by atoms with Gasteiger partial charge in [-0.25, -0.2) is 9.59 Å². The van der Waals surface area contributed by atoms with Crippen molar-refractivity contribution in [2.75, 3.05) is 19.0 Å². The van der Waals surface area contributed by atoms with E-state index < -0.39 is 24.5 Å². The van der Waals surface area contributed by atoms with Crippen molar-refractivity contribution in [1.29, 1.82) is 0 Å². The molecule has 7 heteroatoms. The van der Waals surface area contributed by atoms with Gasteiger partial charge in [0.25, 0.3) is 5.91 Å². The molecular weight excluding hydrogens is 384 g/mol. The number of rotatable bonds is 6. The van der Waals surface area contributed by atoms with Crippen LogP contribution in [0, 0.1) is 0 Å². The van der Waals surface area contributed by atoms with Crippen molar-refractivity contribution in [3.63, 3.8) is 0 Å². The SMILES string of the molecule is COC(=O)c1ccc(NC(=O)COC(=O)c2cc(C3CC3)nc3ccccc23)cc1. The molecular formula is C23H20N2O5. The molecule has 1 fully saturated rings. The highest BCUT2D eigenvalue weighted by molar-refractivity contribution is 6.04. The fourth-order valence-electron chi connectivity index (χ4n) is 3.17. The number of fused-ring (bicyclic) bond motifs is 1. The Morgan fingerprint density at radius 1 is 1.03 bits per heavy atom. The third-order valence-electron chi connectivity index (χ3n) is 4.88. The Labute approximate surface area is 173 Å². The minimum absolute atomic E-state index is 0.373. The molecule has 1 N–H and O–H groups in total. The summed E-state index contributed by atoms with van der Waals surface area (Å²) in [6.45, 7) is -0.424. The second-order valence-corrected chi connectivity index (χ2v) is 7.08. The van der Waals surface area contributed by atoms with Crippen molar-refractivity contribution in [2.45, 2.75) is 18.8 Å². The molecule has 0 atom stereocenters. The third kappa shape index (κ3) is 4.30. The van der Waals surface area contributed by atoms with Gasteiger partial charge in [-0.3, -0.25) is 9.78 Å². The number of ether oxygens (including phenoxy) is 2.